The van der Waals surface area contributed by atoms with Crippen molar-refractivity contribution >= 4 is 21.1 Å². The SMILES string of the molecule is CC1(S(=O)(=O)n2ccc3cccnc32)C=CC(OCc2ccccc2)=CC1. The summed E-state index contributed by atoms with van der Waals surface area (Å²) >= 11 is 0. The highest BCUT2D eigenvalue weighted by atomic mass is 32.2. The van der Waals surface area contributed by atoms with E-state index in [4.69, 9.17) is 4.74 Å². The zero-order valence-corrected chi connectivity index (χ0v) is 15.8. The summed E-state index contributed by atoms with van der Waals surface area (Å²) in [6.45, 7) is 2.17. The number of nitrogens with zero attached hydrogens (tertiary/aromatic N) is 2. The zero-order valence-electron chi connectivity index (χ0n) is 14.9. The maximum absolute atomic E-state index is 13.3. The quantitative estimate of drug-likeness (QED) is 0.670. The molecule has 2 heterocycles. The fraction of sp³-hybridized carbons (Fsp3) is 0.190. The lowest BCUT2D eigenvalue weighted by Crippen LogP contribution is -2.38. The molecule has 1 atom stereocenters. The number of ether oxygens (including phenoxy) is 1. The Morgan fingerprint density at radius 2 is 1.96 bits per heavy atom. The molecule has 0 fully saturated rings. The average molecular weight is 380 g/mol. The highest BCUT2D eigenvalue weighted by molar-refractivity contribution is 7.91. The summed E-state index contributed by atoms with van der Waals surface area (Å²) in [5.74, 6) is 0.682. The number of pyridine rings is 1. The first-order valence-electron chi connectivity index (χ1n) is 8.73. The van der Waals surface area contributed by atoms with E-state index in [-0.39, 0.29) is 0 Å². The van der Waals surface area contributed by atoms with Gasteiger partial charge >= 0.3 is 0 Å². The van der Waals surface area contributed by atoms with Crippen molar-refractivity contribution in [3.05, 3.63) is 90.5 Å². The largest absolute Gasteiger partial charge is 0.489 e. The molecule has 0 aliphatic heterocycles. The van der Waals surface area contributed by atoms with Crippen LogP contribution in [0, 0.1) is 0 Å². The van der Waals surface area contributed by atoms with Crippen LogP contribution in [0.25, 0.3) is 11.0 Å². The Bertz CT molecular complexity index is 1130. The number of allylic oxidation sites excluding steroid dienone is 2. The van der Waals surface area contributed by atoms with E-state index in [0.29, 0.717) is 24.4 Å². The molecule has 5 nitrogen and oxygen atoms in total. The highest BCUT2D eigenvalue weighted by Gasteiger charge is 2.39. The monoisotopic (exact) mass is 380 g/mol. The summed E-state index contributed by atoms with van der Waals surface area (Å²) in [5.41, 5.74) is 1.51. The molecule has 0 amide bonds. The first-order chi connectivity index (χ1) is 13.0. The molecule has 0 radical (unpaired) electrons. The molecule has 0 N–H and O–H groups in total. The van der Waals surface area contributed by atoms with Gasteiger partial charge in [-0.2, -0.15) is 0 Å². The van der Waals surface area contributed by atoms with E-state index in [9.17, 15) is 8.42 Å². The molecule has 1 aliphatic carbocycles. The first kappa shape index (κ1) is 17.5. The summed E-state index contributed by atoms with van der Waals surface area (Å²) in [4.78, 5) is 4.23. The van der Waals surface area contributed by atoms with Crippen LogP contribution in [0.15, 0.2) is 84.9 Å². The van der Waals surface area contributed by atoms with Gasteiger partial charge < -0.3 is 4.74 Å². The van der Waals surface area contributed by atoms with E-state index in [2.05, 4.69) is 4.98 Å². The molecule has 0 saturated carbocycles. The molecule has 138 valence electrons. The Morgan fingerprint density at radius 1 is 1.15 bits per heavy atom. The van der Waals surface area contributed by atoms with Gasteiger partial charge in [0.2, 0.25) is 10.0 Å². The summed E-state index contributed by atoms with van der Waals surface area (Å²) in [6, 6.07) is 15.3. The summed E-state index contributed by atoms with van der Waals surface area (Å²) < 4.78 is 32.6. The molecule has 4 rings (SSSR count). The van der Waals surface area contributed by atoms with Crippen molar-refractivity contribution in [3.63, 3.8) is 0 Å². The highest BCUT2D eigenvalue weighted by Crippen LogP contribution is 2.32. The van der Waals surface area contributed by atoms with Crippen LogP contribution in [0.5, 0.6) is 0 Å². The molecule has 0 bridgehead atoms. The van der Waals surface area contributed by atoms with Crippen molar-refractivity contribution in [2.24, 2.45) is 0 Å². The van der Waals surface area contributed by atoms with Crippen LogP contribution in [0.2, 0.25) is 0 Å². The lowest BCUT2D eigenvalue weighted by molar-refractivity contribution is 0.208. The second-order valence-corrected chi connectivity index (χ2v) is 9.04. The Hall–Kier alpha value is -2.86. The van der Waals surface area contributed by atoms with Gasteiger partial charge in [-0.3, -0.25) is 0 Å². The van der Waals surface area contributed by atoms with Gasteiger partial charge in [-0.1, -0.05) is 36.4 Å². The Labute approximate surface area is 158 Å². The Balaban J connectivity index is 1.54. The number of hydrogen-bond donors (Lipinski definition) is 0. The van der Waals surface area contributed by atoms with Crippen LogP contribution in [-0.2, 0) is 21.4 Å². The van der Waals surface area contributed by atoms with Crippen molar-refractivity contribution in [3.8, 4) is 0 Å². The van der Waals surface area contributed by atoms with Crippen molar-refractivity contribution < 1.29 is 13.2 Å². The van der Waals surface area contributed by atoms with Gasteiger partial charge in [-0.25, -0.2) is 17.4 Å². The van der Waals surface area contributed by atoms with E-state index in [1.807, 2.05) is 42.5 Å². The predicted molar refractivity (Wildman–Crippen MR) is 106 cm³/mol. The molecule has 1 unspecified atom stereocenters. The van der Waals surface area contributed by atoms with E-state index >= 15 is 0 Å². The second-order valence-electron chi connectivity index (χ2n) is 6.76. The van der Waals surface area contributed by atoms with Crippen LogP contribution in [-0.4, -0.2) is 22.1 Å². The number of hydrogen-bond acceptors (Lipinski definition) is 4. The first-order valence-corrected chi connectivity index (χ1v) is 10.2. The van der Waals surface area contributed by atoms with Gasteiger partial charge in [0, 0.05) is 17.8 Å². The molecule has 27 heavy (non-hydrogen) atoms. The third-order valence-corrected chi connectivity index (χ3v) is 7.11. The third kappa shape index (κ3) is 3.17. The molecular formula is C21H20N2O3S. The smallest absolute Gasteiger partial charge is 0.249 e. The van der Waals surface area contributed by atoms with Crippen LogP contribution in [0.4, 0.5) is 0 Å². The van der Waals surface area contributed by atoms with Crippen LogP contribution < -0.4 is 0 Å². The van der Waals surface area contributed by atoms with Gasteiger partial charge in [-0.05, 0) is 49.3 Å². The zero-order chi connectivity index (χ0) is 18.9. The molecule has 2 aromatic heterocycles. The van der Waals surface area contributed by atoms with E-state index in [1.54, 1.807) is 43.6 Å². The number of rotatable bonds is 5. The van der Waals surface area contributed by atoms with Gasteiger partial charge in [0.05, 0.1) is 0 Å². The number of fused-ring (bicyclic) bond motifs is 1. The molecule has 0 spiro atoms. The van der Waals surface area contributed by atoms with Crippen molar-refractivity contribution in [2.75, 3.05) is 0 Å². The molecule has 3 aromatic rings. The normalized spacial score (nSPS) is 19.8. The van der Waals surface area contributed by atoms with Crippen molar-refractivity contribution in [1.29, 1.82) is 0 Å². The summed E-state index contributed by atoms with van der Waals surface area (Å²) in [5, 5.41) is 0.798. The molecule has 6 heteroatoms. The fourth-order valence-corrected chi connectivity index (χ4v) is 4.68. The summed E-state index contributed by atoms with van der Waals surface area (Å²) in [7, 11) is -3.67. The minimum atomic E-state index is -3.67. The molecule has 1 aromatic carbocycles. The lowest BCUT2D eigenvalue weighted by Gasteiger charge is -2.28. The Morgan fingerprint density at radius 3 is 2.70 bits per heavy atom. The molecule has 1 aliphatic rings. The maximum atomic E-state index is 13.3. The second kappa shape index (κ2) is 6.70. The van der Waals surface area contributed by atoms with Gasteiger partial charge in [0.1, 0.15) is 17.1 Å². The van der Waals surface area contributed by atoms with Gasteiger partial charge in [0.25, 0.3) is 0 Å². The maximum Gasteiger partial charge on any atom is 0.249 e. The lowest BCUT2D eigenvalue weighted by atomic mass is 10.0. The average Bonchev–Trinajstić information content (AvgIpc) is 3.13. The van der Waals surface area contributed by atoms with Gasteiger partial charge in [-0.15, -0.1) is 0 Å². The van der Waals surface area contributed by atoms with Crippen LogP contribution in [0.3, 0.4) is 0 Å². The Kier molecular flexibility index (Phi) is 4.36. The van der Waals surface area contributed by atoms with Gasteiger partial charge in [0.15, 0.2) is 5.65 Å². The number of aromatic nitrogens is 2. The minimum Gasteiger partial charge on any atom is -0.489 e. The molecule has 0 saturated heterocycles. The van der Waals surface area contributed by atoms with Crippen molar-refractivity contribution in [2.45, 2.75) is 24.7 Å². The van der Waals surface area contributed by atoms with Crippen LogP contribution in [0.1, 0.15) is 18.9 Å². The van der Waals surface area contributed by atoms with Crippen molar-refractivity contribution in [1.82, 2.24) is 8.96 Å². The fourth-order valence-electron chi connectivity index (χ4n) is 3.10. The number of benzene rings is 1. The topological polar surface area (TPSA) is 61.2 Å². The third-order valence-electron chi connectivity index (χ3n) is 4.82. The van der Waals surface area contributed by atoms with E-state index < -0.39 is 14.8 Å². The van der Waals surface area contributed by atoms with E-state index in [0.717, 1.165) is 10.9 Å². The molecular weight excluding hydrogens is 360 g/mol. The predicted octanol–water partition coefficient (Wildman–Crippen LogP) is 4.03. The standard InChI is InChI=1S/C21H20N2O3S/c1-21(27(24,25)23-15-11-18-8-5-14-22-20(18)23)12-9-19(10-13-21)26-16-17-6-3-2-4-7-17/h2-12,14-15H,13,16H2,1H3. The van der Waals surface area contributed by atoms with E-state index in [1.165, 1.54) is 3.97 Å². The summed E-state index contributed by atoms with van der Waals surface area (Å²) in [6.07, 6.45) is 8.78. The van der Waals surface area contributed by atoms with Crippen LogP contribution >= 0.6 is 0 Å². The minimum absolute atomic E-state index is 0.336.